The molecule has 1 rings (SSSR count). The lowest BCUT2D eigenvalue weighted by molar-refractivity contribution is -0.394. The molecule has 0 saturated carbocycles. The fraction of sp³-hybridized carbons (Fsp3) is 0.533. The number of carbonyl (C=O) groups excluding carboxylic acids is 1. The molecule has 0 aliphatic rings. The van der Waals surface area contributed by atoms with E-state index in [1.54, 1.807) is 0 Å². The Kier molecular flexibility index (Phi) is 7.65. The molecule has 0 aliphatic carbocycles. The first kappa shape index (κ1) is 18.5. The highest BCUT2D eigenvalue weighted by Crippen LogP contribution is 2.24. The first-order valence-electron chi connectivity index (χ1n) is 7.64. The second-order valence-corrected chi connectivity index (χ2v) is 5.27. The van der Waals surface area contributed by atoms with Crippen LogP contribution in [0.1, 0.15) is 44.6 Å². The van der Waals surface area contributed by atoms with Gasteiger partial charge in [-0.1, -0.05) is 32.6 Å². The Labute approximate surface area is 134 Å². The number of nitro benzene ring substituents is 2. The predicted octanol–water partition coefficient (Wildman–Crippen LogP) is 3.13. The third-order valence-electron chi connectivity index (χ3n) is 3.43. The monoisotopic (exact) mass is 323 g/mol. The molecule has 23 heavy (non-hydrogen) atoms. The van der Waals surface area contributed by atoms with Crippen molar-refractivity contribution in [2.45, 2.75) is 45.4 Å². The fourth-order valence-corrected chi connectivity index (χ4v) is 2.18. The number of nitro groups is 2. The van der Waals surface area contributed by atoms with Gasteiger partial charge in [-0.15, -0.1) is 0 Å². The van der Waals surface area contributed by atoms with Crippen molar-refractivity contribution < 1.29 is 14.6 Å². The van der Waals surface area contributed by atoms with Gasteiger partial charge in [0.25, 0.3) is 11.4 Å². The Balaban J connectivity index is 2.57. The second-order valence-electron chi connectivity index (χ2n) is 5.27. The molecule has 8 heteroatoms. The molecule has 8 nitrogen and oxygen atoms in total. The number of hydrogen-bond donors (Lipinski definition) is 1. The van der Waals surface area contributed by atoms with Crippen molar-refractivity contribution in [3.05, 3.63) is 44.0 Å². The molecule has 1 amide bonds. The van der Waals surface area contributed by atoms with Crippen molar-refractivity contribution in [2.24, 2.45) is 0 Å². The van der Waals surface area contributed by atoms with Crippen molar-refractivity contribution in [1.82, 2.24) is 5.32 Å². The van der Waals surface area contributed by atoms with Crippen LogP contribution < -0.4 is 5.32 Å². The summed E-state index contributed by atoms with van der Waals surface area (Å²) in [5.74, 6) is -0.322. The van der Waals surface area contributed by atoms with Crippen molar-refractivity contribution in [2.75, 3.05) is 6.54 Å². The van der Waals surface area contributed by atoms with Gasteiger partial charge in [-0.05, 0) is 12.5 Å². The van der Waals surface area contributed by atoms with Crippen LogP contribution in [-0.4, -0.2) is 22.3 Å². The summed E-state index contributed by atoms with van der Waals surface area (Å²) in [5, 5.41) is 24.4. The lowest BCUT2D eigenvalue weighted by atomic mass is 10.1. The molecule has 0 aromatic heterocycles. The summed E-state index contributed by atoms with van der Waals surface area (Å²) in [4.78, 5) is 32.1. The van der Waals surface area contributed by atoms with Crippen LogP contribution in [0.3, 0.4) is 0 Å². The van der Waals surface area contributed by atoms with E-state index in [4.69, 9.17) is 0 Å². The van der Waals surface area contributed by atoms with E-state index in [0.29, 0.717) is 6.54 Å². The van der Waals surface area contributed by atoms with E-state index in [2.05, 4.69) is 12.2 Å². The number of benzene rings is 1. The zero-order chi connectivity index (χ0) is 17.2. The lowest BCUT2D eigenvalue weighted by Crippen LogP contribution is -2.26. The van der Waals surface area contributed by atoms with Gasteiger partial charge < -0.3 is 5.32 Å². The molecule has 0 spiro atoms. The molecule has 0 radical (unpaired) electrons. The number of unbranched alkanes of at least 4 members (excludes halogenated alkanes) is 4. The standard InChI is InChI=1S/C15H21N3O5/c1-2-3-4-5-6-9-16-15(19)10-12-7-8-13(17(20)21)11-14(12)18(22)23/h7-8,11H,2-6,9-10H2,1H3,(H,16,19). The van der Waals surface area contributed by atoms with Gasteiger partial charge >= 0.3 is 0 Å². The van der Waals surface area contributed by atoms with E-state index in [1.807, 2.05) is 0 Å². The highest BCUT2D eigenvalue weighted by molar-refractivity contribution is 5.80. The number of carbonyl (C=O) groups is 1. The molecule has 0 heterocycles. The molecule has 0 bridgehead atoms. The van der Waals surface area contributed by atoms with E-state index < -0.39 is 15.5 Å². The molecular weight excluding hydrogens is 302 g/mol. The molecule has 1 N–H and O–H groups in total. The second kappa shape index (κ2) is 9.50. The Hall–Kier alpha value is -2.51. The highest BCUT2D eigenvalue weighted by Gasteiger charge is 2.20. The number of amides is 1. The van der Waals surface area contributed by atoms with E-state index in [9.17, 15) is 25.0 Å². The van der Waals surface area contributed by atoms with E-state index in [0.717, 1.165) is 31.7 Å². The zero-order valence-electron chi connectivity index (χ0n) is 13.1. The number of nitrogens with one attached hydrogen (secondary N) is 1. The lowest BCUT2D eigenvalue weighted by Gasteiger charge is -2.06. The minimum atomic E-state index is -0.708. The van der Waals surface area contributed by atoms with Crippen molar-refractivity contribution in [3.8, 4) is 0 Å². The summed E-state index contributed by atoms with van der Waals surface area (Å²) < 4.78 is 0. The van der Waals surface area contributed by atoms with Crippen molar-refractivity contribution in [1.29, 1.82) is 0 Å². The van der Waals surface area contributed by atoms with Gasteiger partial charge in [0.1, 0.15) is 0 Å². The maximum atomic E-state index is 11.8. The molecular formula is C15H21N3O5. The molecule has 0 unspecified atom stereocenters. The van der Waals surface area contributed by atoms with Crippen LogP contribution in [0, 0.1) is 20.2 Å². The minimum Gasteiger partial charge on any atom is -0.356 e. The SMILES string of the molecule is CCCCCCCNC(=O)Cc1ccc([N+](=O)[O-])cc1[N+](=O)[O-]. The van der Waals surface area contributed by atoms with Crippen LogP contribution in [-0.2, 0) is 11.2 Å². The molecule has 0 fully saturated rings. The maximum absolute atomic E-state index is 11.8. The van der Waals surface area contributed by atoms with E-state index >= 15 is 0 Å². The number of rotatable bonds is 10. The van der Waals surface area contributed by atoms with Crippen LogP contribution in [0.15, 0.2) is 18.2 Å². The highest BCUT2D eigenvalue weighted by atomic mass is 16.6. The first-order valence-corrected chi connectivity index (χ1v) is 7.64. The molecule has 1 aromatic carbocycles. The van der Waals surface area contributed by atoms with Crippen LogP contribution in [0.2, 0.25) is 0 Å². The quantitative estimate of drug-likeness (QED) is 0.403. The van der Waals surface area contributed by atoms with Crippen LogP contribution >= 0.6 is 0 Å². The third kappa shape index (κ3) is 6.41. The fourth-order valence-electron chi connectivity index (χ4n) is 2.18. The Morgan fingerprint density at radius 3 is 2.39 bits per heavy atom. The Morgan fingerprint density at radius 2 is 1.78 bits per heavy atom. The van der Waals surface area contributed by atoms with Gasteiger partial charge in [0.05, 0.1) is 22.3 Å². The van der Waals surface area contributed by atoms with Crippen molar-refractivity contribution >= 4 is 17.3 Å². The summed E-state index contributed by atoms with van der Waals surface area (Å²) in [6.45, 7) is 2.65. The van der Waals surface area contributed by atoms with Gasteiger partial charge in [-0.3, -0.25) is 25.0 Å². The molecule has 0 saturated heterocycles. The topological polar surface area (TPSA) is 115 Å². The molecule has 126 valence electrons. The zero-order valence-corrected chi connectivity index (χ0v) is 13.1. The van der Waals surface area contributed by atoms with Gasteiger partial charge in [0.15, 0.2) is 0 Å². The van der Waals surface area contributed by atoms with Crippen LogP contribution in [0.4, 0.5) is 11.4 Å². The third-order valence-corrected chi connectivity index (χ3v) is 3.43. The maximum Gasteiger partial charge on any atom is 0.279 e. The van der Waals surface area contributed by atoms with E-state index in [1.165, 1.54) is 18.6 Å². The Morgan fingerprint density at radius 1 is 1.09 bits per heavy atom. The Bertz CT molecular complexity index is 574. The largest absolute Gasteiger partial charge is 0.356 e. The smallest absolute Gasteiger partial charge is 0.279 e. The minimum absolute atomic E-state index is 0.163. The van der Waals surface area contributed by atoms with Gasteiger partial charge in [-0.25, -0.2) is 0 Å². The average Bonchev–Trinajstić information content (AvgIpc) is 2.50. The average molecular weight is 323 g/mol. The van der Waals surface area contributed by atoms with Gasteiger partial charge in [-0.2, -0.15) is 0 Å². The van der Waals surface area contributed by atoms with Crippen LogP contribution in [0.25, 0.3) is 0 Å². The van der Waals surface area contributed by atoms with Crippen molar-refractivity contribution in [3.63, 3.8) is 0 Å². The summed E-state index contributed by atoms with van der Waals surface area (Å²) in [7, 11) is 0. The summed E-state index contributed by atoms with van der Waals surface area (Å²) >= 11 is 0. The summed E-state index contributed by atoms with van der Waals surface area (Å²) in [6, 6.07) is 3.31. The number of non-ortho nitro benzene ring substituents is 1. The van der Waals surface area contributed by atoms with Gasteiger partial charge in [0.2, 0.25) is 5.91 Å². The summed E-state index contributed by atoms with van der Waals surface area (Å²) in [6.07, 6.45) is 5.18. The normalized spacial score (nSPS) is 10.3. The molecule has 0 aliphatic heterocycles. The van der Waals surface area contributed by atoms with E-state index in [-0.39, 0.29) is 23.6 Å². The number of hydrogen-bond acceptors (Lipinski definition) is 5. The predicted molar refractivity (Wildman–Crippen MR) is 85.2 cm³/mol. The van der Waals surface area contributed by atoms with Gasteiger partial charge in [0, 0.05) is 18.2 Å². The molecule has 1 aromatic rings. The van der Waals surface area contributed by atoms with Crippen LogP contribution in [0.5, 0.6) is 0 Å². The number of nitrogens with zero attached hydrogens (tertiary/aromatic N) is 2. The first-order chi connectivity index (χ1) is 11.0. The molecule has 0 atom stereocenters. The summed E-state index contributed by atoms with van der Waals surface area (Å²) in [5.41, 5.74) is -0.599.